The van der Waals surface area contributed by atoms with Gasteiger partial charge in [-0.25, -0.2) is 0 Å². The number of ether oxygens (including phenoxy) is 2. The number of hydrogen-bond donors (Lipinski definition) is 2. The Labute approximate surface area is 176 Å². The molecule has 0 amide bonds. The van der Waals surface area contributed by atoms with Gasteiger partial charge in [0, 0.05) is 46.2 Å². The molecule has 1 aromatic carbocycles. The van der Waals surface area contributed by atoms with Gasteiger partial charge in [0.05, 0.1) is 12.1 Å². The van der Waals surface area contributed by atoms with Crippen LogP contribution in [0.1, 0.15) is 25.3 Å². The Balaban J connectivity index is 0.00000364. The molecule has 0 bridgehead atoms. The molecular formula is C18H28F2IN3O3. The molecule has 0 aromatic heterocycles. The highest BCUT2D eigenvalue weighted by Gasteiger charge is 2.29. The van der Waals surface area contributed by atoms with Crippen molar-refractivity contribution < 1.29 is 23.4 Å². The minimum absolute atomic E-state index is 0. The summed E-state index contributed by atoms with van der Waals surface area (Å²) in [6.45, 7) is 1.80. The van der Waals surface area contributed by atoms with Crippen LogP contribution < -0.4 is 10.1 Å². The van der Waals surface area contributed by atoms with Gasteiger partial charge in [-0.15, -0.1) is 24.0 Å². The van der Waals surface area contributed by atoms with Crippen LogP contribution >= 0.6 is 24.0 Å². The molecule has 1 saturated heterocycles. The molecule has 27 heavy (non-hydrogen) atoms. The van der Waals surface area contributed by atoms with Crippen molar-refractivity contribution in [3.63, 3.8) is 0 Å². The zero-order valence-electron chi connectivity index (χ0n) is 15.7. The molecule has 154 valence electrons. The number of guanidine groups is 1. The van der Waals surface area contributed by atoms with Crippen molar-refractivity contribution in [3.8, 4) is 5.75 Å². The van der Waals surface area contributed by atoms with Crippen molar-refractivity contribution in [3.05, 3.63) is 29.8 Å². The van der Waals surface area contributed by atoms with E-state index in [9.17, 15) is 13.9 Å². The first-order chi connectivity index (χ1) is 12.4. The van der Waals surface area contributed by atoms with Gasteiger partial charge in [0.1, 0.15) is 5.75 Å². The Kier molecular flexibility index (Phi) is 10.2. The van der Waals surface area contributed by atoms with Gasteiger partial charge in [-0.1, -0.05) is 12.1 Å². The topological polar surface area (TPSA) is 66.3 Å². The van der Waals surface area contributed by atoms with Crippen molar-refractivity contribution >= 4 is 29.9 Å². The lowest BCUT2D eigenvalue weighted by atomic mass is 9.95. The van der Waals surface area contributed by atoms with E-state index in [-0.39, 0.29) is 29.7 Å². The monoisotopic (exact) mass is 499 g/mol. The molecule has 6 nitrogen and oxygen atoms in total. The smallest absolute Gasteiger partial charge is 0.387 e. The van der Waals surface area contributed by atoms with Gasteiger partial charge in [-0.05, 0) is 24.6 Å². The summed E-state index contributed by atoms with van der Waals surface area (Å²) in [5, 5.41) is 13.8. The molecule has 0 spiro atoms. The minimum Gasteiger partial charge on any atom is -0.435 e. The van der Waals surface area contributed by atoms with Crippen LogP contribution in [0.25, 0.3) is 0 Å². The van der Waals surface area contributed by atoms with Crippen molar-refractivity contribution in [1.82, 2.24) is 10.2 Å². The van der Waals surface area contributed by atoms with Crippen LogP contribution in [0.3, 0.4) is 0 Å². The van der Waals surface area contributed by atoms with Gasteiger partial charge in [-0.3, -0.25) is 4.99 Å². The summed E-state index contributed by atoms with van der Waals surface area (Å²) in [4.78, 5) is 6.49. The number of hydrogen-bond acceptors (Lipinski definition) is 4. The third-order valence-electron chi connectivity index (χ3n) is 4.21. The molecule has 2 N–H and O–H groups in total. The Bertz CT molecular complexity index is 582. The molecular weight excluding hydrogens is 471 g/mol. The van der Waals surface area contributed by atoms with Crippen LogP contribution in [0.5, 0.6) is 5.75 Å². The molecule has 0 saturated carbocycles. The second-order valence-electron chi connectivity index (χ2n) is 6.39. The predicted molar refractivity (Wildman–Crippen MR) is 111 cm³/mol. The second kappa shape index (κ2) is 11.6. The molecule has 1 aliphatic heterocycles. The summed E-state index contributed by atoms with van der Waals surface area (Å²) in [6.07, 6.45) is 1.15. The Morgan fingerprint density at radius 1 is 1.33 bits per heavy atom. The molecule has 1 aromatic rings. The number of benzene rings is 1. The first kappa shape index (κ1) is 23.8. The summed E-state index contributed by atoms with van der Waals surface area (Å²) < 4.78 is 34.1. The number of nitrogens with zero attached hydrogens (tertiary/aromatic N) is 2. The van der Waals surface area contributed by atoms with Crippen molar-refractivity contribution in [2.24, 2.45) is 4.99 Å². The molecule has 1 fully saturated rings. The molecule has 0 unspecified atom stereocenters. The van der Waals surface area contributed by atoms with E-state index in [2.05, 4.69) is 15.0 Å². The van der Waals surface area contributed by atoms with Gasteiger partial charge in [0.25, 0.3) is 0 Å². The van der Waals surface area contributed by atoms with Crippen LogP contribution in [0.4, 0.5) is 8.78 Å². The SMILES string of the molecule is CCNC(=NCC1(O)CCOCC1)N(C)Cc1ccc(OC(F)F)cc1.I. The lowest BCUT2D eigenvalue weighted by Gasteiger charge is -2.31. The van der Waals surface area contributed by atoms with Gasteiger partial charge in [0.2, 0.25) is 0 Å². The highest BCUT2D eigenvalue weighted by molar-refractivity contribution is 14.0. The average Bonchev–Trinajstić information content (AvgIpc) is 2.60. The maximum Gasteiger partial charge on any atom is 0.387 e. The number of nitrogens with one attached hydrogen (secondary N) is 1. The number of rotatable bonds is 7. The van der Waals surface area contributed by atoms with Crippen LogP contribution in [-0.4, -0.2) is 61.5 Å². The van der Waals surface area contributed by atoms with Crippen molar-refractivity contribution in [2.75, 3.05) is 33.4 Å². The fourth-order valence-corrected chi connectivity index (χ4v) is 2.73. The zero-order chi connectivity index (χ0) is 19.0. The predicted octanol–water partition coefficient (Wildman–Crippen LogP) is 2.84. The van der Waals surface area contributed by atoms with Crippen molar-refractivity contribution in [2.45, 2.75) is 38.5 Å². The molecule has 2 rings (SSSR count). The third-order valence-corrected chi connectivity index (χ3v) is 4.21. The Morgan fingerprint density at radius 2 is 1.96 bits per heavy atom. The lowest BCUT2D eigenvalue weighted by molar-refractivity contribution is -0.0567. The summed E-state index contributed by atoms with van der Waals surface area (Å²) >= 11 is 0. The van der Waals surface area contributed by atoms with Crippen LogP contribution in [-0.2, 0) is 11.3 Å². The van der Waals surface area contributed by atoms with E-state index in [4.69, 9.17) is 4.74 Å². The normalized spacial score (nSPS) is 16.6. The minimum atomic E-state index is -2.83. The molecule has 1 aliphatic rings. The fourth-order valence-electron chi connectivity index (χ4n) is 2.73. The van der Waals surface area contributed by atoms with E-state index in [0.717, 1.165) is 5.56 Å². The number of aliphatic hydroxyl groups is 1. The summed E-state index contributed by atoms with van der Waals surface area (Å²) in [5.41, 5.74) is 0.109. The molecule has 0 aliphatic carbocycles. The standard InChI is InChI=1S/C18H27F2N3O3.HI/c1-3-21-17(22-13-18(24)8-10-25-11-9-18)23(2)12-14-4-6-15(7-5-14)26-16(19)20;/h4-7,16,24H,3,8-13H2,1-2H3,(H,21,22);1H. The van der Waals surface area contributed by atoms with E-state index in [1.807, 2.05) is 18.9 Å². The Hall–Kier alpha value is -1.20. The Morgan fingerprint density at radius 3 is 2.52 bits per heavy atom. The average molecular weight is 499 g/mol. The first-order valence-corrected chi connectivity index (χ1v) is 8.75. The highest BCUT2D eigenvalue weighted by atomic mass is 127. The molecule has 0 radical (unpaired) electrons. The van der Waals surface area contributed by atoms with Gasteiger partial charge in [-0.2, -0.15) is 8.78 Å². The van der Waals surface area contributed by atoms with Crippen LogP contribution in [0, 0.1) is 0 Å². The summed E-state index contributed by atoms with van der Waals surface area (Å²) in [5.74, 6) is 0.814. The van der Waals surface area contributed by atoms with Gasteiger partial charge >= 0.3 is 6.61 Å². The van der Waals surface area contributed by atoms with Crippen LogP contribution in [0.15, 0.2) is 29.3 Å². The second-order valence-corrected chi connectivity index (χ2v) is 6.39. The largest absolute Gasteiger partial charge is 0.435 e. The summed E-state index contributed by atoms with van der Waals surface area (Å²) in [7, 11) is 1.89. The molecule has 0 atom stereocenters. The third kappa shape index (κ3) is 8.14. The lowest BCUT2D eigenvalue weighted by Crippen LogP contribution is -2.43. The van der Waals surface area contributed by atoms with Gasteiger partial charge in [0.15, 0.2) is 5.96 Å². The first-order valence-electron chi connectivity index (χ1n) is 8.75. The fraction of sp³-hybridized carbons (Fsp3) is 0.611. The van der Waals surface area contributed by atoms with Gasteiger partial charge < -0.3 is 24.8 Å². The van der Waals surface area contributed by atoms with Crippen LogP contribution in [0.2, 0.25) is 0 Å². The van der Waals surface area contributed by atoms with E-state index in [0.29, 0.717) is 51.6 Å². The number of halogens is 3. The quantitative estimate of drug-likeness (QED) is 0.343. The molecule has 1 heterocycles. The van der Waals surface area contributed by atoms with Crippen molar-refractivity contribution in [1.29, 1.82) is 0 Å². The van der Waals surface area contributed by atoms with E-state index in [1.165, 1.54) is 12.1 Å². The number of alkyl halides is 2. The maximum absolute atomic E-state index is 12.2. The summed E-state index contributed by atoms with van der Waals surface area (Å²) in [6, 6.07) is 6.52. The van der Waals surface area contributed by atoms with E-state index < -0.39 is 12.2 Å². The maximum atomic E-state index is 12.2. The number of aliphatic imine (C=N–C) groups is 1. The zero-order valence-corrected chi connectivity index (χ0v) is 18.0. The molecule has 9 heteroatoms. The highest BCUT2D eigenvalue weighted by Crippen LogP contribution is 2.21. The van der Waals surface area contributed by atoms with E-state index in [1.54, 1.807) is 12.1 Å². The van der Waals surface area contributed by atoms with E-state index >= 15 is 0 Å².